The van der Waals surface area contributed by atoms with Gasteiger partial charge in [-0.3, -0.25) is 9.78 Å². The van der Waals surface area contributed by atoms with Crippen molar-refractivity contribution in [3.8, 4) is 11.3 Å². The highest BCUT2D eigenvalue weighted by molar-refractivity contribution is 7.90. The first-order valence-electron chi connectivity index (χ1n) is 10.0. The number of sulfonamides is 1. The molecular weight excluding hydrogens is 505 g/mol. The third kappa shape index (κ3) is 6.80. The van der Waals surface area contributed by atoms with Gasteiger partial charge in [-0.05, 0) is 42.0 Å². The van der Waals surface area contributed by atoms with Crippen molar-refractivity contribution in [1.82, 2.24) is 9.88 Å². The van der Waals surface area contributed by atoms with Crippen molar-refractivity contribution >= 4 is 39.6 Å². The maximum Gasteiger partial charge on any atom is 0.416 e. The van der Waals surface area contributed by atoms with Gasteiger partial charge >= 0.3 is 6.18 Å². The molecule has 0 saturated carbocycles. The fourth-order valence-electron chi connectivity index (χ4n) is 3.01. The van der Waals surface area contributed by atoms with E-state index < -0.39 is 32.6 Å². The van der Waals surface area contributed by atoms with E-state index in [4.69, 9.17) is 11.6 Å². The monoisotopic (exact) mass is 524 g/mol. The molecule has 0 atom stereocenters. The van der Waals surface area contributed by atoms with Crippen LogP contribution in [-0.2, 0) is 27.4 Å². The van der Waals surface area contributed by atoms with Gasteiger partial charge in [0.05, 0.1) is 17.7 Å². The van der Waals surface area contributed by atoms with E-state index >= 15 is 0 Å². The number of alkyl halides is 3. The van der Waals surface area contributed by atoms with Crippen molar-refractivity contribution in [3.05, 3.63) is 76.9 Å². The highest BCUT2D eigenvalue weighted by Crippen LogP contribution is 2.34. The Hall–Kier alpha value is -3.44. The first-order chi connectivity index (χ1) is 16.4. The van der Waals surface area contributed by atoms with Crippen LogP contribution in [0.1, 0.15) is 11.1 Å². The second kappa shape index (κ2) is 10.4. The molecule has 0 aliphatic carbocycles. The Morgan fingerprint density at radius 3 is 2.51 bits per heavy atom. The number of nitrogens with zero attached hydrogens (tertiary/aromatic N) is 3. The summed E-state index contributed by atoms with van der Waals surface area (Å²) in [5.74, 6) is -0.469. The van der Waals surface area contributed by atoms with E-state index in [0.717, 1.165) is 30.7 Å². The van der Waals surface area contributed by atoms with Crippen molar-refractivity contribution in [2.75, 3.05) is 19.4 Å². The Labute approximate surface area is 205 Å². The molecule has 0 fully saturated rings. The highest BCUT2D eigenvalue weighted by atomic mass is 35.5. The molecular formula is C23H20ClF3N4O3S. The van der Waals surface area contributed by atoms with Gasteiger partial charge in [-0.15, -0.1) is 4.40 Å². The van der Waals surface area contributed by atoms with Gasteiger partial charge in [0.15, 0.2) is 0 Å². The molecule has 0 saturated heterocycles. The van der Waals surface area contributed by atoms with Crippen molar-refractivity contribution in [1.29, 1.82) is 0 Å². The van der Waals surface area contributed by atoms with E-state index in [-0.39, 0.29) is 23.4 Å². The van der Waals surface area contributed by atoms with Crippen LogP contribution in [0.5, 0.6) is 0 Å². The average molecular weight is 525 g/mol. The summed E-state index contributed by atoms with van der Waals surface area (Å²) < 4.78 is 69.2. The maximum atomic E-state index is 13.2. The normalized spacial score (nSPS) is 12.1. The number of nitrogens with one attached hydrogen (secondary N) is 1. The summed E-state index contributed by atoms with van der Waals surface area (Å²) in [7, 11) is -1.26. The number of hydrogen-bond acceptors (Lipinski definition) is 4. The van der Waals surface area contributed by atoms with Crippen molar-refractivity contribution in [2.45, 2.75) is 17.5 Å². The van der Waals surface area contributed by atoms with Gasteiger partial charge in [0.25, 0.3) is 10.0 Å². The van der Waals surface area contributed by atoms with Gasteiger partial charge < -0.3 is 10.2 Å². The molecule has 1 amide bonds. The number of amides is 1. The quantitative estimate of drug-likeness (QED) is 0.351. The molecule has 2 aromatic carbocycles. The van der Waals surface area contributed by atoms with Gasteiger partial charge in [-0.2, -0.15) is 21.6 Å². The zero-order valence-electron chi connectivity index (χ0n) is 18.5. The Bertz CT molecular complexity index is 1380. The number of carbonyl (C=O) groups is 1. The maximum absolute atomic E-state index is 13.2. The predicted octanol–water partition coefficient (Wildman–Crippen LogP) is 4.88. The SMILES string of the molecule is CN(C)/C=N/S(=O)(=O)c1cc(NC(=O)Cc2ccccc2Cl)ccc1-c1cc(C(F)(F)F)ccn1. The fraction of sp³-hybridized carbons (Fsp3) is 0.174. The summed E-state index contributed by atoms with van der Waals surface area (Å²) in [6, 6.07) is 12.1. The van der Waals surface area contributed by atoms with E-state index in [9.17, 15) is 26.4 Å². The molecule has 0 aliphatic rings. The number of hydrogen-bond donors (Lipinski definition) is 1. The molecule has 0 bridgehead atoms. The van der Waals surface area contributed by atoms with Gasteiger partial charge in [-0.25, -0.2) is 0 Å². The van der Waals surface area contributed by atoms with E-state index in [0.29, 0.717) is 10.6 Å². The lowest BCUT2D eigenvalue weighted by molar-refractivity contribution is -0.137. The standard InChI is InChI=1S/C23H20ClF3N4O3S/c1-31(2)14-29-35(33,34)21-13-17(30-22(32)11-15-5-3-4-6-19(15)24)7-8-18(21)20-12-16(9-10-28-20)23(25,26)27/h3-10,12-14H,11H2,1-2H3,(H,30,32)/b29-14+. The Balaban J connectivity index is 2.04. The van der Waals surface area contributed by atoms with Crippen LogP contribution < -0.4 is 5.32 Å². The zero-order valence-corrected chi connectivity index (χ0v) is 20.1. The van der Waals surface area contributed by atoms with Crippen LogP contribution in [0.25, 0.3) is 11.3 Å². The topological polar surface area (TPSA) is 91.7 Å². The number of carbonyl (C=O) groups excluding carboxylic acids is 1. The molecule has 1 aromatic heterocycles. The number of halogens is 4. The van der Waals surface area contributed by atoms with Crippen LogP contribution in [0.4, 0.5) is 18.9 Å². The molecule has 0 unspecified atom stereocenters. The number of benzene rings is 2. The van der Waals surface area contributed by atoms with Crippen molar-refractivity contribution in [3.63, 3.8) is 0 Å². The lowest BCUT2D eigenvalue weighted by Crippen LogP contribution is -2.15. The minimum atomic E-state index is -4.65. The van der Waals surface area contributed by atoms with Crippen LogP contribution in [0.3, 0.4) is 0 Å². The van der Waals surface area contributed by atoms with Crippen LogP contribution in [-0.4, -0.2) is 44.6 Å². The minimum absolute atomic E-state index is 0.0720. The number of anilines is 1. The van der Waals surface area contributed by atoms with Gasteiger partial charge in [0, 0.05) is 36.6 Å². The second-order valence-corrected chi connectivity index (χ2v) is 9.62. The Morgan fingerprint density at radius 1 is 1.14 bits per heavy atom. The van der Waals surface area contributed by atoms with E-state index in [1.54, 1.807) is 38.4 Å². The largest absolute Gasteiger partial charge is 0.416 e. The van der Waals surface area contributed by atoms with Crippen LogP contribution in [0.15, 0.2) is 70.1 Å². The van der Waals surface area contributed by atoms with Crippen LogP contribution >= 0.6 is 11.6 Å². The summed E-state index contributed by atoms with van der Waals surface area (Å²) >= 11 is 6.08. The first kappa shape index (κ1) is 26.2. The molecule has 35 heavy (non-hydrogen) atoms. The smallest absolute Gasteiger partial charge is 0.368 e. The lowest BCUT2D eigenvalue weighted by Gasteiger charge is -2.13. The summed E-state index contributed by atoms with van der Waals surface area (Å²) in [5, 5.41) is 2.98. The molecule has 0 spiro atoms. The van der Waals surface area contributed by atoms with E-state index in [2.05, 4.69) is 14.7 Å². The number of aromatic nitrogens is 1. The molecule has 12 heteroatoms. The van der Waals surface area contributed by atoms with E-state index in [1.165, 1.54) is 17.0 Å². The van der Waals surface area contributed by atoms with Crippen LogP contribution in [0.2, 0.25) is 5.02 Å². The average Bonchev–Trinajstić information content (AvgIpc) is 2.79. The molecule has 184 valence electrons. The molecule has 0 radical (unpaired) electrons. The fourth-order valence-corrected chi connectivity index (χ4v) is 4.37. The van der Waals surface area contributed by atoms with E-state index in [1.807, 2.05) is 0 Å². The van der Waals surface area contributed by atoms with Gasteiger partial charge in [-0.1, -0.05) is 29.8 Å². The van der Waals surface area contributed by atoms with Crippen molar-refractivity contribution < 1.29 is 26.4 Å². The summed E-state index contributed by atoms with van der Waals surface area (Å²) in [6.07, 6.45) is -2.73. The first-order valence-corrected chi connectivity index (χ1v) is 11.9. The molecule has 0 aliphatic heterocycles. The zero-order chi connectivity index (χ0) is 25.8. The van der Waals surface area contributed by atoms with Gasteiger partial charge in [0.1, 0.15) is 11.2 Å². The van der Waals surface area contributed by atoms with Crippen LogP contribution in [0, 0.1) is 0 Å². The molecule has 1 N–H and O–H groups in total. The summed E-state index contributed by atoms with van der Waals surface area (Å²) in [5.41, 5.74) is -0.625. The Kier molecular flexibility index (Phi) is 7.81. The number of pyridine rings is 1. The van der Waals surface area contributed by atoms with Gasteiger partial charge in [0.2, 0.25) is 5.91 Å². The Morgan fingerprint density at radius 2 is 1.86 bits per heavy atom. The molecule has 3 rings (SSSR count). The summed E-state index contributed by atoms with van der Waals surface area (Å²) in [6.45, 7) is 0. The second-order valence-electron chi connectivity index (χ2n) is 7.61. The minimum Gasteiger partial charge on any atom is -0.368 e. The molecule has 7 nitrogen and oxygen atoms in total. The molecule has 1 heterocycles. The third-order valence-electron chi connectivity index (χ3n) is 4.63. The lowest BCUT2D eigenvalue weighted by atomic mass is 10.1. The predicted molar refractivity (Wildman–Crippen MR) is 128 cm³/mol. The highest BCUT2D eigenvalue weighted by Gasteiger charge is 2.31. The third-order valence-corrected chi connectivity index (χ3v) is 6.27. The summed E-state index contributed by atoms with van der Waals surface area (Å²) in [4.78, 5) is 17.4. The molecule has 3 aromatic rings. The van der Waals surface area contributed by atoms with Crippen molar-refractivity contribution in [2.24, 2.45) is 4.40 Å². The number of rotatable bonds is 7.